The molecule has 0 bridgehead atoms. The standard InChI is InChI=1S/C16H17N3/c1-2-5-13-12(6-3-10-17-13)14-8-9-15-16(19-14)7-4-11-18-15/h3-4,6-9,11,17H,2,5,10H2,1H3. The lowest BCUT2D eigenvalue weighted by Gasteiger charge is -2.17. The second kappa shape index (κ2) is 5.22. The molecule has 0 spiro atoms. The topological polar surface area (TPSA) is 37.8 Å². The van der Waals surface area contributed by atoms with Crippen LogP contribution in [-0.2, 0) is 0 Å². The van der Waals surface area contributed by atoms with Gasteiger partial charge < -0.3 is 5.32 Å². The number of allylic oxidation sites excluding steroid dienone is 3. The summed E-state index contributed by atoms with van der Waals surface area (Å²) in [6, 6.07) is 8.02. The summed E-state index contributed by atoms with van der Waals surface area (Å²) < 4.78 is 0. The minimum Gasteiger partial charge on any atom is -0.384 e. The molecule has 0 aliphatic carbocycles. The first kappa shape index (κ1) is 11.9. The van der Waals surface area contributed by atoms with Gasteiger partial charge >= 0.3 is 0 Å². The smallest absolute Gasteiger partial charge is 0.0894 e. The molecule has 0 saturated carbocycles. The second-order valence-corrected chi connectivity index (χ2v) is 4.66. The van der Waals surface area contributed by atoms with Crippen molar-refractivity contribution in [2.24, 2.45) is 0 Å². The van der Waals surface area contributed by atoms with Crippen molar-refractivity contribution in [3.63, 3.8) is 0 Å². The van der Waals surface area contributed by atoms with Crippen molar-refractivity contribution in [1.82, 2.24) is 15.3 Å². The fourth-order valence-electron chi connectivity index (χ4n) is 2.37. The second-order valence-electron chi connectivity index (χ2n) is 4.66. The molecular formula is C16H17N3. The predicted molar refractivity (Wildman–Crippen MR) is 78.5 cm³/mol. The van der Waals surface area contributed by atoms with Crippen molar-refractivity contribution in [1.29, 1.82) is 0 Å². The number of fused-ring (bicyclic) bond motifs is 1. The quantitative estimate of drug-likeness (QED) is 0.909. The van der Waals surface area contributed by atoms with Gasteiger partial charge in [0.15, 0.2) is 0 Å². The zero-order valence-electron chi connectivity index (χ0n) is 11.1. The van der Waals surface area contributed by atoms with Gasteiger partial charge in [-0.3, -0.25) is 4.98 Å². The fourth-order valence-corrected chi connectivity index (χ4v) is 2.37. The Labute approximate surface area is 113 Å². The van der Waals surface area contributed by atoms with Gasteiger partial charge in [0.1, 0.15) is 0 Å². The maximum atomic E-state index is 4.72. The first-order chi connectivity index (χ1) is 9.38. The monoisotopic (exact) mass is 251 g/mol. The number of nitrogens with one attached hydrogen (secondary N) is 1. The third-order valence-corrected chi connectivity index (χ3v) is 3.28. The molecule has 19 heavy (non-hydrogen) atoms. The van der Waals surface area contributed by atoms with E-state index in [1.54, 1.807) is 6.20 Å². The molecule has 0 aromatic carbocycles. The summed E-state index contributed by atoms with van der Waals surface area (Å²) in [5.41, 5.74) is 5.41. The van der Waals surface area contributed by atoms with Gasteiger partial charge in [-0.15, -0.1) is 0 Å². The van der Waals surface area contributed by atoms with Crippen molar-refractivity contribution in [2.45, 2.75) is 19.8 Å². The number of hydrogen-bond acceptors (Lipinski definition) is 3. The van der Waals surface area contributed by atoms with Gasteiger partial charge in [-0.2, -0.15) is 0 Å². The number of pyridine rings is 2. The van der Waals surface area contributed by atoms with Gasteiger partial charge in [-0.05, 0) is 30.7 Å². The number of rotatable bonds is 3. The van der Waals surface area contributed by atoms with E-state index in [-0.39, 0.29) is 0 Å². The first-order valence-electron chi connectivity index (χ1n) is 6.74. The lowest BCUT2D eigenvalue weighted by molar-refractivity contribution is 0.780. The van der Waals surface area contributed by atoms with Crippen molar-refractivity contribution in [2.75, 3.05) is 6.54 Å². The third kappa shape index (κ3) is 2.36. The summed E-state index contributed by atoms with van der Waals surface area (Å²) in [6.07, 6.45) is 8.31. The van der Waals surface area contributed by atoms with Crippen LogP contribution in [0.25, 0.3) is 16.6 Å². The predicted octanol–water partition coefficient (Wildman–Crippen LogP) is 3.30. The molecule has 2 aromatic rings. The molecule has 0 unspecified atom stereocenters. The Bertz CT molecular complexity index is 656. The van der Waals surface area contributed by atoms with Gasteiger partial charge in [0.05, 0.1) is 16.7 Å². The summed E-state index contributed by atoms with van der Waals surface area (Å²) >= 11 is 0. The molecule has 0 amide bonds. The molecule has 0 radical (unpaired) electrons. The molecule has 0 saturated heterocycles. The van der Waals surface area contributed by atoms with E-state index in [0.29, 0.717) is 0 Å². The molecule has 3 rings (SSSR count). The lowest BCUT2D eigenvalue weighted by Crippen LogP contribution is -2.18. The van der Waals surface area contributed by atoms with Crippen molar-refractivity contribution >= 4 is 16.6 Å². The lowest BCUT2D eigenvalue weighted by atomic mass is 10.0. The maximum absolute atomic E-state index is 4.72. The summed E-state index contributed by atoms with van der Waals surface area (Å²) in [6.45, 7) is 3.11. The molecule has 1 aliphatic heterocycles. The van der Waals surface area contributed by atoms with E-state index in [1.807, 2.05) is 18.2 Å². The van der Waals surface area contributed by atoms with E-state index in [1.165, 1.54) is 11.3 Å². The third-order valence-electron chi connectivity index (χ3n) is 3.28. The van der Waals surface area contributed by atoms with Crippen LogP contribution in [-0.4, -0.2) is 16.5 Å². The average Bonchev–Trinajstić information content (AvgIpc) is 2.48. The van der Waals surface area contributed by atoms with Crippen LogP contribution in [0.5, 0.6) is 0 Å². The Morgan fingerprint density at radius 2 is 2.16 bits per heavy atom. The Hall–Kier alpha value is -2.16. The summed E-state index contributed by atoms with van der Waals surface area (Å²) in [4.78, 5) is 9.03. The molecule has 1 aliphatic rings. The highest BCUT2D eigenvalue weighted by Crippen LogP contribution is 2.24. The molecule has 3 nitrogen and oxygen atoms in total. The Balaban J connectivity index is 2.09. The molecule has 3 heterocycles. The van der Waals surface area contributed by atoms with Crippen LogP contribution in [0.2, 0.25) is 0 Å². The normalized spacial score (nSPS) is 14.8. The van der Waals surface area contributed by atoms with Gasteiger partial charge in [0, 0.05) is 24.0 Å². The molecule has 0 atom stereocenters. The zero-order chi connectivity index (χ0) is 13.1. The van der Waals surface area contributed by atoms with Gasteiger partial charge in [-0.1, -0.05) is 25.5 Å². The highest BCUT2D eigenvalue weighted by atomic mass is 14.9. The maximum Gasteiger partial charge on any atom is 0.0894 e. The van der Waals surface area contributed by atoms with Crippen LogP contribution in [0.15, 0.2) is 48.3 Å². The van der Waals surface area contributed by atoms with E-state index < -0.39 is 0 Å². The Morgan fingerprint density at radius 1 is 1.21 bits per heavy atom. The minimum atomic E-state index is 0.911. The fraction of sp³-hybridized carbons (Fsp3) is 0.250. The van der Waals surface area contributed by atoms with E-state index in [9.17, 15) is 0 Å². The summed E-state index contributed by atoms with van der Waals surface area (Å²) in [5.74, 6) is 0. The summed E-state index contributed by atoms with van der Waals surface area (Å²) in [5, 5.41) is 3.45. The highest BCUT2D eigenvalue weighted by Gasteiger charge is 2.11. The molecule has 3 heteroatoms. The van der Waals surface area contributed by atoms with Crippen LogP contribution in [0.3, 0.4) is 0 Å². The van der Waals surface area contributed by atoms with E-state index in [4.69, 9.17) is 4.98 Å². The summed E-state index contributed by atoms with van der Waals surface area (Å²) in [7, 11) is 0. The van der Waals surface area contributed by atoms with Gasteiger partial charge in [0.2, 0.25) is 0 Å². The zero-order valence-corrected chi connectivity index (χ0v) is 11.1. The molecular weight excluding hydrogens is 234 g/mol. The van der Waals surface area contributed by atoms with Gasteiger partial charge in [-0.25, -0.2) is 4.98 Å². The number of nitrogens with zero attached hydrogens (tertiary/aromatic N) is 2. The number of dihydropyridines is 1. The minimum absolute atomic E-state index is 0.911. The molecule has 2 aromatic heterocycles. The first-order valence-corrected chi connectivity index (χ1v) is 6.74. The van der Waals surface area contributed by atoms with Crippen LogP contribution < -0.4 is 5.32 Å². The van der Waals surface area contributed by atoms with Crippen LogP contribution in [0.1, 0.15) is 25.5 Å². The SMILES string of the molecule is CCCC1=C(c2ccc3ncccc3n2)C=CCN1. The van der Waals surface area contributed by atoms with E-state index in [2.05, 4.69) is 35.4 Å². The Morgan fingerprint density at radius 3 is 3.05 bits per heavy atom. The Kier molecular flexibility index (Phi) is 3.27. The van der Waals surface area contributed by atoms with E-state index in [0.717, 1.165) is 36.1 Å². The average molecular weight is 251 g/mol. The largest absolute Gasteiger partial charge is 0.384 e. The van der Waals surface area contributed by atoms with Crippen LogP contribution >= 0.6 is 0 Å². The van der Waals surface area contributed by atoms with Gasteiger partial charge in [0.25, 0.3) is 0 Å². The van der Waals surface area contributed by atoms with Crippen LogP contribution in [0.4, 0.5) is 0 Å². The van der Waals surface area contributed by atoms with Crippen LogP contribution in [0, 0.1) is 0 Å². The molecule has 0 fully saturated rings. The van der Waals surface area contributed by atoms with Crippen molar-refractivity contribution in [3.8, 4) is 0 Å². The molecule has 96 valence electrons. The van der Waals surface area contributed by atoms with E-state index >= 15 is 0 Å². The van der Waals surface area contributed by atoms with Crippen molar-refractivity contribution < 1.29 is 0 Å². The number of aromatic nitrogens is 2. The van der Waals surface area contributed by atoms with Crippen molar-refractivity contribution in [3.05, 3.63) is 54.0 Å². The molecule has 1 N–H and O–H groups in total. The highest BCUT2D eigenvalue weighted by molar-refractivity contribution is 5.81. The number of hydrogen-bond donors (Lipinski definition) is 1.